The number of nitrogens with one attached hydrogen (secondary N) is 1. The second-order valence-corrected chi connectivity index (χ2v) is 9.03. The van der Waals surface area contributed by atoms with Gasteiger partial charge in [0.15, 0.2) is 5.69 Å². The molecule has 182 valence electrons. The minimum Gasteiger partial charge on any atom is -0.477 e. The van der Waals surface area contributed by atoms with Crippen molar-refractivity contribution in [2.24, 2.45) is 5.92 Å². The molecule has 0 atom stereocenters. The van der Waals surface area contributed by atoms with Gasteiger partial charge < -0.3 is 5.11 Å². The summed E-state index contributed by atoms with van der Waals surface area (Å²) in [4.78, 5) is 25.6. The van der Waals surface area contributed by atoms with Crippen LogP contribution in [0.4, 0.5) is 0 Å². The van der Waals surface area contributed by atoms with Crippen molar-refractivity contribution in [1.82, 2.24) is 29.8 Å². The Kier molecular flexibility index (Phi) is 7.24. The van der Waals surface area contributed by atoms with Crippen molar-refractivity contribution in [1.29, 1.82) is 0 Å². The maximum atomic E-state index is 13.4. The third kappa shape index (κ3) is 5.08. The minimum absolute atomic E-state index is 0.0943. The number of H-pyrrole nitrogens is 1. The molecule has 9 heteroatoms. The van der Waals surface area contributed by atoms with E-state index in [1.54, 1.807) is 4.57 Å². The molecule has 2 aromatic carbocycles. The van der Waals surface area contributed by atoms with Crippen molar-refractivity contribution in [3.05, 3.63) is 76.0 Å². The van der Waals surface area contributed by atoms with Crippen LogP contribution in [0.1, 0.15) is 55.4 Å². The highest BCUT2D eigenvalue weighted by Crippen LogP contribution is 2.31. The number of carboxylic acid groups (broad SMARTS) is 1. The van der Waals surface area contributed by atoms with Crippen LogP contribution in [-0.2, 0) is 19.5 Å². The van der Waals surface area contributed by atoms with Crippen LogP contribution < -0.4 is 5.69 Å². The molecule has 0 aliphatic heterocycles. The summed E-state index contributed by atoms with van der Waals surface area (Å²) in [6, 6.07) is 15.8. The highest BCUT2D eigenvalue weighted by molar-refractivity contribution is 5.87. The summed E-state index contributed by atoms with van der Waals surface area (Å²) in [6.45, 7) is 6.73. The maximum absolute atomic E-state index is 13.4. The molecule has 4 rings (SSSR count). The second kappa shape index (κ2) is 10.5. The zero-order valence-electron chi connectivity index (χ0n) is 20.2. The lowest BCUT2D eigenvalue weighted by Crippen LogP contribution is -2.26. The first kappa shape index (κ1) is 24.1. The Morgan fingerprint density at radius 1 is 1.09 bits per heavy atom. The van der Waals surface area contributed by atoms with Crippen LogP contribution in [0, 0.1) is 5.92 Å². The van der Waals surface area contributed by atoms with Crippen LogP contribution in [0.2, 0.25) is 0 Å². The van der Waals surface area contributed by atoms with Crippen LogP contribution in [0.15, 0.2) is 53.3 Å². The van der Waals surface area contributed by atoms with Gasteiger partial charge in [-0.15, -0.1) is 10.2 Å². The summed E-state index contributed by atoms with van der Waals surface area (Å²) < 4.78 is 3.01. The highest BCUT2D eigenvalue weighted by atomic mass is 16.4. The Labute approximate surface area is 203 Å². The molecule has 0 unspecified atom stereocenters. The Hall–Kier alpha value is -4.01. The van der Waals surface area contributed by atoms with Gasteiger partial charge in [0.1, 0.15) is 0 Å². The van der Waals surface area contributed by atoms with Gasteiger partial charge in [0.2, 0.25) is 5.82 Å². The maximum Gasteiger partial charge on any atom is 0.354 e. The third-order valence-electron chi connectivity index (χ3n) is 6.03. The molecule has 2 aromatic heterocycles. The second-order valence-electron chi connectivity index (χ2n) is 9.03. The number of tetrazole rings is 1. The molecular formula is C26H30N6O3. The molecule has 0 bridgehead atoms. The summed E-state index contributed by atoms with van der Waals surface area (Å²) in [5, 5.41) is 24.5. The Morgan fingerprint density at radius 2 is 1.86 bits per heavy atom. The number of aromatic amines is 1. The molecule has 2 heterocycles. The van der Waals surface area contributed by atoms with Crippen molar-refractivity contribution < 1.29 is 9.90 Å². The quantitative estimate of drug-likeness (QED) is 0.355. The monoisotopic (exact) mass is 474 g/mol. The average molecular weight is 475 g/mol. The van der Waals surface area contributed by atoms with Crippen molar-refractivity contribution in [3.8, 4) is 22.5 Å². The molecule has 0 saturated heterocycles. The first-order chi connectivity index (χ1) is 16.9. The summed E-state index contributed by atoms with van der Waals surface area (Å²) in [5.41, 5.74) is 3.95. The van der Waals surface area contributed by atoms with E-state index in [1.807, 2.05) is 55.5 Å². The minimum atomic E-state index is -1.07. The Balaban J connectivity index is 1.82. The summed E-state index contributed by atoms with van der Waals surface area (Å²) in [5.74, 6) is -0.238. The molecule has 0 aliphatic carbocycles. The van der Waals surface area contributed by atoms with E-state index in [4.69, 9.17) is 0 Å². The van der Waals surface area contributed by atoms with Gasteiger partial charge in [0.25, 0.3) is 0 Å². The van der Waals surface area contributed by atoms with Gasteiger partial charge in [0.05, 0.1) is 12.2 Å². The highest BCUT2D eigenvalue weighted by Gasteiger charge is 2.25. The van der Waals surface area contributed by atoms with Crippen LogP contribution >= 0.6 is 0 Å². The third-order valence-corrected chi connectivity index (χ3v) is 6.03. The fourth-order valence-corrected chi connectivity index (χ4v) is 4.35. The van der Waals surface area contributed by atoms with Gasteiger partial charge in [-0.2, -0.15) is 5.21 Å². The van der Waals surface area contributed by atoms with Gasteiger partial charge in [-0.25, -0.2) is 9.59 Å². The predicted octanol–water partition coefficient (Wildman–Crippen LogP) is 4.24. The molecule has 2 N–H and O–H groups in total. The lowest BCUT2D eigenvalue weighted by Gasteiger charge is -2.13. The number of aromatic nitrogens is 6. The van der Waals surface area contributed by atoms with Crippen molar-refractivity contribution >= 4 is 5.97 Å². The number of carbonyl (C=O) groups is 1. The van der Waals surface area contributed by atoms with Gasteiger partial charge in [0, 0.05) is 12.1 Å². The van der Waals surface area contributed by atoms with E-state index in [-0.39, 0.29) is 17.9 Å². The van der Waals surface area contributed by atoms with E-state index in [0.717, 1.165) is 28.7 Å². The SMILES string of the molecule is CCCn1c(C(=O)O)c(CCC(C)C)n(Cc2ccc(-c3ccccc3)c(-c3nn[nH]n3)c2)c1=O. The van der Waals surface area contributed by atoms with Crippen molar-refractivity contribution in [3.63, 3.8) is 0 Å². The molecule has 4 aromatic rings. The Morgan fingerprint density at radius 3 is 2.49 bits per heavy atom. The predicted molar refractivity (Wildman–Crippen MR) is 133 cm³/mol. The van der Waals surface area contributed by atoms with Crippen LogP contribution in [0.5, 0.6) is 0 Å². The molecule has 0 fully saturated rings. The fraction of sp³-hybridized carbons (Fsp3) is 0.346. The lowest BCUT2D eigenvalue weighted by molar-refractivity contribution is 0.0683. The van der Waals surface area contributed by atoms with Crippen LogP contribution in [0.3, 0.4) is 0 Å². The molecule has 35 heavy (non-hydrogen) atoms. The first-order valence-electron chi connectivity index (χ1n) is 11.9. The van der Waals surface area contributed by atoms with Gasteiger partial charge in [-0.1, -0.05) is 63.2 Å². The topological polar surface area (TPSA) is 119 Å². The van der Waals surface area contributed by atoms with E-state index in [9.17, 15) is 14.7 Å². The average Bonchev–Trinajstić information content (AvgIpc) is 3.47. The first-order valence-corrected chi connectivity index (χ1v) is 11.9. The summed E-state index contributed by atoms with van der Waals surface area (Å²) >= 11 is 0. The van der Waals surface area contributed by atoms with E-state index >= 15 is 0 Å². The number of rotatable bonds is 10. The number of benzene rings is 2. The molecule has 0 saturated carbocycles. The number of hydrogen-bond donors (Lipinski definition) is 2. The number of hydrogen-bond acceptors (Lipinski definition) is 5. The van der Waals surface area contributed by atoms with Crippen molar-refractivity contribution in [2.45, 2.75) is 53.1 Å². The van der Waals surface area contributed by atoms with E-state index in [0.29, 0.717) is 36.8 Å². The smallest absolute Gasteiger partial charge is 0.354 e. The molecule has 0 radical (unpaired) electrons. The Bertz CT molecular complexity index is 1350. The largest absolute Gasteiger partial charge is 0.477 e. The van der Waals surface area contributed by atoms with Gasteiger partial charge >= 0.3 is 11.7 Å². The number of imidazole rings is 1. The zero-order chi connectivity index (χ0) is 24.9. The summed E-state index contributed by atoms with van der Waals surface area (Å²) in [6.07, 6.45) is 1.98. The van der Waals surface area contributed by atoms with Gasteiger partial charge in [-0.3, -0.25) is 9.13 Å². The molecular weight excluding hydrogens is 444 g/mol. The standard InChI is InChI=1S/C26H30N6O3/c1-4-14-31-23(25(33)34)22(13-10-17(2)3)32(26(31)35)16-18-11-12-20(19-8-6-5-7-9-19)21(15-18)24-27-29-30-28-24/h5-9,11-12,15,17H,4,10,13-14,16H2,1-3H3,(H,33,34)(H,27,28,29,30). The fourth-order valence-electron chi connectivity index (χ4n) is 4.35. The van der Waals surface area contributed by atoms with Gasteiger partial charge in [-0.05, 0) is 53.2 Å². The lowest BCUT2D eigenvalue weighted by atomic mass is 9.97. The molecule has 0 aliphatic rings. The van der Waals surface area contributed by atoms with E-state index in [1.165, 1.54) is 4.57 Å². The van der Waals surface area contributed by atoms with E-state index < -0.39 is 5.97 Å². The van der Waals surface area contributed by atoms with Crippen LogP contribution in [-0.4, -0.2) is 40.8 Å². The number of carboxylic acids is 1. The number of nitrogens with zero attached hydrogens (tertiary/aromatic N) is 5. The molecule has 9 nitrogen and oxygen atoms in total. The van der Waals surface area contributed by atoms with E-state index in [2.05, 4.69) is 34.5 Å². The molecule has 0 amide bonds. The normalized spacial score (nSPS) is 11.3. The zero-order valence-corrected chi connectivity index (χ0v) is 20.2. The molecule has 0 spiro atoms. The van der Waals surface area contributed by atoms with Crippen LogP contribution in [0.25, 0.3) is 22.5 Å². The summed E-state index contributed by atoms with van der Waals surface area (Å²) in [7, 11) is 0. The number of aromatic carboxylic acids is 1. The van der Waals surface area contributed by atoms with Crippen molar-refractivity contribution in [2.75, 3.05) is 0 Å².